The van der Waals surface area contributed by atoms with Gasteiger partial charge in [0.25, 0.3) is 0 Å². The normalized spacial score (nSPS) is 12.4. The van der Waals surface area contributed by atoms with Crippen LogP contribution >= 0.6 is 0 Å². The molecule has 0 rings (SSSR count). The molecule has 51 valence electrons. The van der Waals surface area contributed by atoms with Crippen molar-refractivity contribution >= 4 is 68.3 Å². The van der Waals surface area contributed by atoms with Crippen LogP contribution in [-0.4, -0.2) is 76.7 Å². The Morgan fingerprint density at radius 3 is 1.33 bits per heavy atom. The molecule has 0 heterocycles. The van der Waals surface area contributed by atoms with E-state index in [4.69, 9.17) is 13.0 Å². The van der Waals surface area contributed by atoms with Crippen LogP contribution in [0.4, 0.5) is 13.2 Å². The Kier molecular flexibility index (Phi) is 5.50. The standard InChI is InChI=1S/CHF3O3S.Rb/c2-1(3,4)8(5,6)7;/h(H,5,6,7);. The molecule has 0 aliphatic carbocycles. The molecular weight excluding hydrogens is 235 g/mol. The van der Waals surface area contributed by atoms with Gasteiger partial charge in [-0.05, 0) is 0 Å². The second-order valence-electron chi connectivity index (χ2n) is 0.921. The first-order valence-corrected chi connectivity index (χ1v) is 2.73. The minimum atomic E-state index is -5.84. The van der Waals surface area contributed by atoms with Crippen LogP contribution in [0.15, 0.2) is 0 Å². The predicted octanol–water partition coefficient (Wildman–Crippen LogP) is 0.0132. The van der Waals surface area contributed by atoms with Gasteiger partial charge in [0.2, 0.25) is 0 Å². The van der Waals surface area contributed by atoms with E-state index in [2.05, 4.69) is 0 Å². The molecule has 0 spiro atoms. The van der Waals surface area contributed by atoms with Crippen molar-refractivity contribution in [2.75, 3.05) is 0 Å². The summed E-state index contributed by atoms with van der Waals surface area (Å²) in [5, 5.41) is 0. The summed E-state index contributed by atoms with van der Waals surface area (Å²) in [5.41, 5.74) is -5.53. The summed E-state index contributed by atoms with van der Waals surface area (Å²) in [6.45, 7) is 0. The van der Waals surface area contributed by atoms with Gasteiger partial charge in [-0.1, -0.05) is 0 Å². The third-order valence-electron chi connectivity index (χ3n) is 0.292. The molecular formula is CHF3O3RbS. The Morgan fingerprint density at radius 2 is 1.33 bits per heavy atom. The molecule has 9 heavy (non-hydrogen) atoms. The Balaban J connectivity index is 0. The van der Waals surface area contributed by atoms with Gasteiger partial charge in [0.15, 0.2) is 0 Å². The number of halogens is 3. The van der Waals surface area contributed by atoms with Crippen LogP contribution in [0.3, 0.4) is 0 Å². The van der Waals surface area contributed by atoms with Gasteiger partial charge in [-0.25, -0.2) is 0 Å². The summed E-state index contributed by atoms with van der Waals surface area (Å²) in [5.74, 6) is 0. The molecule has 0 atom stereocenters. The van der Waals surface area contributed by atoms with Crippen LogP contribution in [0.2, 0.25) is 0 Å². The number of hydrogen-bond acceptors (Lipinski definition) is 2. The van der Waals surface area contributed by atoms with Crippen LogP contribution in [0.5, 0.6) is 0 Å². The minimum absolute atomic E-state index is 0. The van der Waals surface area contributed by atoms with Gasteiger partial charge < -0.3 is 0 Å². The number of rotatable bonds is 0. The average Bonchev–Trinajstić information content (AvgIpc) is 1.25. The van der Waals surface area contributed by atoms with E-state index in [0.29, 0.717) is 0 Å². The first kappa shape index (κ1) is 13.1. The van der Waals surface area contributed by atoms with Gasteiger partial charge in [-0.2, -0.15) is 21.6 Å². The molecule has 0 saturated heterocycles. The van der Waals surface area contributed by atoms with Gasteiger partial charge in [0, 0.05) is 58.2 Å². The van der Waals surface area contributed by atoms with Crippen LogP contribution in [0.25, 0.3) is 0 Å². The fourth-order valence-electron chi connectivity index (χ4n) is 0. The van der Waals surface area contributed by atoms with Crippen molar-refractivity contribution in [3.63, 3.8) is 0 Å². The van der Waals surface area contributed by atoms with Crippen molar-refractivity contribution in [2.24, 2.45) is 0 Å². The first-order chi connectivity index (χ1) is 3.25. The summed E-state index contributed by atoms with van der Waals surface area (Å²) in [6, 6.07) is 0. The minimum Gasteiger partial charge on any atom is -0.279 e. The van der Waals surface area contributed by atoms with Crippen LogP contribution in [0, 0.1) is 0 Å². The zero-order valence-corrected chi connectivity index (χ0v) is 10.0. The molecule has 0 aromatic rings. The molecule has 0 amide bonds. The molecule has 1 radical (unpaired) electrons. The third kappa shape index (κ3) is 4.85. The Labute approximate surface area is 98.2 Å². The summed E-state index contributed by atoms with van der Waals surface area (Å²) >= 11 is 0. The molecule has 0 bridgehead atoms. The van der Waals surface area contributed by atoms with E-state index in [-0.39, 0.29) is 58.2 Å². The van der Waals surface area contributed by atoms with Gasteiger partial charge in [0.1, 0.15) is 0 Å². The summed E-state index contributed by atoms with van der Waals surface area (Å²) in [6.07, 6.45) is 0. The molecule has 0 aromatic carbocycles. The maximum absolute atomic E-state index is 10.7. The van der Waals surface area contributed by atoms with Crippen molar-refractivity contribution in [1.82, 2.24) is 0 Å². The van der Waals surface area contributed by atoms with Crippen LogP contribution in [-0.2, 0) is 10.1 Å². The van der Waals surface area contributed by atoms with E-state index in [9.17, 15) is 13.2 Å². The molecule has 0 aliphatic rings. The fourth-order valence-corrected chi connectivity index (χ4v) is 0. The van der Waals surface area contributed by atoms with Crippen molar-refractivity contribution in [1.29, 1.82) is 0 Å². The zero-order chi connectivity index (χ0) is 7.00. The first-order valence-electron chi connectivity index (χ1n) is 1.29. The molecule has 8 heteroatoms. The van der Waals surface area contributed by atoms with E-state index < -0.39 is 15.6 Å². The van der Waals surface area contributed by atoms with Gasteiger partial charge in [-0.3, -0.25) is 4.55 Å². The third-order valence-corrected chi connectivity index (χ3v) is 0.877. The zero-order valence-electron chi connectivity index (χ0n) is 4.31. The van der Waals surface area contributed by atoms with Crippen molar-refractivity contribution < 1.29 is 26.1 Å². The molecule has 0 unspecified atom stereocenters. The van der Waals surface area contributed by atoms with E-state index in [1.807, 2.05) is 0 Å². The SMILES string of the molecule is O=S(=O)(O)C(F)(F)F.[Rb]. The number of hydrogen-bond donors (Lipinski definition) is 1. The maximum atomic E-state index is 10.7. The van der Waals surface area contributed by atoms with Crippen LogP contribution < -0.4 is 0 Å². The van der Waals surface area contributed by atoms with E-state index in [1.165, 1.54) is 0 Å². The Morgan fingerprint density at radius 1 is 1.22 bits per heavy atom. The second kappa shape index (κ2) is 3.77. The Bertz CT molecular complexity index is 168. The van der Waals surface area contributed by atoms with E-state index in [1.54, 1.807) is 0 Å². The largest absolute Gasteiger partial charge is 0.522 e. The van der Waals surface area contributed by atoms with Gasteiger partial charge in [0.05, 0.1) is 0 Å². The van der Waals surface area contributed by atoms with Gasteiger partial charge >= 0.3 is 15.6 Å². The van der Waals surface area contributed by atoms with Crippen molar-refractivity contribution in [2.45, 2.75) is 5.51 Å². The van der Waals surface area contributed by atoms with Crippen molar-refractivity contribution in [3.8, 4) is 0 Å². The number of alkyl halides is 3. The monoisotopic (exact) mass is 235 g/mol. The smallest absolute Gasteiger partial charge is 0.279 e. The average molecular weight is 236 g/mol. The van der Waals surface area contributed by atoms with Gasteiger partial charge in [-0.15, -0.1) is 0 Å². The second-order valence-corrected chi connectivity index (χ2v) is 2.33. The van der Waals surface area contributed by atoms with Crippen LogP contribution in [0.1, 0.15) is 0 Å². The van der Waals surface area contributed by atoms with E-state index >= 15 is 0 Å². The molecule has 0 aliphatic heterocycles. The summed E-state index contributed by atoms with van der Waals surface area (Å²) in [7, 11) is -5.84. The quantitative estimate of drug-likeness (QED) is 0.475. The van der Waals surface area contributed by atoms with E-state index in [0.717, 1.165) is 0 Å². The molecule has 3 nitrogen and oxygen atoms in total. The maximum Gasteiger partial charge on any atom is 0.522 e. The fraction of sp³-hybridized carbons (Fsp3) is 1.00. The Hall–Kier alpha value is 1.51. The molecule has 1 N–H and O–H groups in total. The molecule has 0 aromatic heterocycles. The predicted molar refractivity (Wildman–Crippen MR) is 23.4 cm³/mol. The summed E-state index contributed by atoms with van der Waals surface area (Å²) in [4.78, 5) is 0. The topological polar surface area (TPSA) is 54.4 Å². The summed E-state index contributed by atoms with van der Waals surface area (Å²) < 4.78 is 57.5. The molecule has 0 saturated carbocycles. The molecule has 0 fully saturated rings. The van der Waals surface area contributed by atoms with Crippen molar-refractivity contribution in [3.05, 3.63) is 0 Å².